The predicted molar refractivity (Wildman–Crippen MR) is 77.5 cm³/mol. The Kier molecular flexibility index (Phi) is 4.87. The predicted octanol–water partition coefficient (Wildman–Crippen LogP) is 3.51. The minimum Gasteiger partial charge on any atom is -0.360 e. The van der Waals surface area contributed by atoms with Crippen LogP contribution in [0.15, 0.2) is 34.9 Å². The van der Waals surface area contributed by atoms with Crippen molar-refractivity contribution in [1.82, 2.24) is 5.16 Å². The van der Waals surface area contributed by atoms with Crippen LogP contribution in [0, 0.1) is 6.92 Å². The molecule has 0 aliphatic rings. The topological polar surface area (TPSA) is 55.1 Å². The van der Waals surface area contributed by atoms with Gasteiger partial charge in [0.2, 0.25) is 5.91 Å². The number of hydrogen-bond donors (Lipinski definition) is 1. The highest BCUT2D eigenvalue weighted by Crippen LogP contribution is 2.16. The lowest BCUT2D eigenvalue weighted by Gasteiger charge is -2.02. The summed E-state index contributed by atoms with van der Waals surface area (Å²) in [6, 6.07) is 9.27. The average molecular weight is 297 g/mol. The van der Waals surface area contributed by atoms with Crippen LogP contribution in [0.5, 0.6) is 0 Å². The number of carbonyl (C=O) groups is 1. The quantitative estimate of drug-likeness (QED) is 0.917. The number of aromatic nitrogens is 1. The van der Waals surface area contributed by atoms with Crippen LogP contribution in [0.25, 0.3) is 0 Å². The summed E-state index contributed by atoms with van der Waals surface area (Å²) in [4.78, 5) is 11.6. The van der Waals surface area contributed by atoms with Crippen LogP contribution in [0.3, 0.4) is 0 Å². The third-order valence-electron chi connectivity index (χ3n) is 2.31. The highest BCUT2D eigenvalue weighted by molar-refractivity contribution is 7.99. The molecule has 0 radical (unpaired) electrons. The van der Waals surface area contributed by atoms with E-state index < -0.39 is 0 Å². The Balaban J connectivity index is 1.73. The number of aryl methyl sites for hydroxylation is 1. The fraction of sp³-hybridized carbons (Fsp3) is 0.231. The normalized spacial score (nSPS) is 10.4. The largest absolute Gasteiger partial charge is 0.360 e. The molecule has 0 saturated carbocycles. The molecule has 0 aliphatic heterocycles. The van der Waals surface area contributed by atoms with Crippen LogP contribution < -0.4 is 5.32 Å². The van der Waals surface area contributed by atoms with Gasteiger partial charge in [-0.05, 0) is 24.6 Å². The van der Waals surface area contributed by atoms with Gasteiger partial charge in [-0.15, -0.1) is 11.8 Å². The van der Waals surface area contributed by atoms with Crippen LogP contribution in [-0.2, 0) is 10.5 Å². The van der Waals surface area contributed by atoms with Crippen LogP contribution >= 0.6 is 23.4 Å². The number of rotatable bonds is 5. The molecule has 2 rings (SSSR count). The van der Waals surface area contributed by atoms with Crippen LogP contribution in [0.1, 0.15) is 11.3 Å². The van der Waals surface area contributed by atoms with E-state index in [9.17, 15) is 4.79 Å². The molecule has 6 heteroatoms. The molecule has 0 saturated heterocycles. The van der Waals surface area contributed by atoms with Crippen LogP contribution in [0.4, 0.5) is 5.82 Å². The molecule has 0 bridgehead atoms. The molecule has 0 aliphatic carbocycles. The zero-order chi connectivity index (χ0) is 13.7. The molecule has 100 valence electrons. The van der Waals surface area contributed by atoms with E-state index in [1.807, 2.05) is 24.3 Å². The van der Waals surface area contributed by atoms with Crippen molar-refractivity contribution in [2.75, 3.05) is 11.1 Å². The van der Waals surface area contributed by atoms with Crippen molar-refractivity contribution in [3.05, 3.63) is 46.7 Å². The summed E-state index contributed by atoms with van der Waals surface area (Å²) in [5, 5.41) is 7.09. The zero-order valence-electron chi connectivity index (χ0n) is 10.4. The summed E-state index contributed by atoms with van der Waals surface area (Å²) in [6.45, 7) is 1.78. The molecular weight excluding hydrogens is 284 g/mol. The molecular formula is C13H13ClN2O2S. The van der Waals surface area contributed by atoms with Crippen molar-refractivity contribution >= 4 is 35.1 Å². The Morgan fingerprint density at radius 1 is 1.42 bits per heavy atom. The molecule has 2 aromatic rings. The Morgan fingerprint density at radius 3 is 2.79 bits per heavy atom. The number of nitrogens with zero attached hydrogens (tertiary/aromatic N) is 1. The van der Waals surface area contributed by atoms with E-state index in [0.29, 0.717) is 22.4 Å². The van der Waals surface area contributed by atoms with Gasteiger partial charge >= 0.3 is 0 Å². The summed E-state index contributed by atoms with van der Waals surface area (Å²) in [5.41, 5.74) is 1.14. The second-order valence-electron chi connectivity index (χ2n) is 3.99. The molecule has 4 nitrogen and oxygen atoms in total. The Morgan fingerprint density at radius 2 is 2.16 bits per heavy atom. The standard InChI is InChI=1S/C13H13ClN2O2S/c1-9-6-12(16-18-9)15-13(17)8-19-7-10-2-4-11(14)5-3-10/h2-6H,7-8H2,1H3,(H,15,16,17). The maximum Gasteiger partial charge on any atom is 0.235 e. The number of anilines is 1. The van der Waals surface area contributed by atoms with Gasteiger partial charge in [-0.1, -0.05) is 28.9 Å². The molecule has 0 spiro atoms. The molecule has 1 heterocycles. The number of amides is 1. The summed E-state index contributed by atoms with van der Waals surface area (Å²) < 4.78 is 4.87. The zero-order valence-corrected chi connectivity index (χ0v) is 11.9. The molecule has 1 N–H and O–H groups in total. The van der Waals surface area contributed by atoms with E-state index in [-0.39, 0.29) is 5.91 Å². The van der Waals surface area contributed by atoms with Gasteiger partial charge in [-0.25, -0.2) is 0 Å². The van der Waals surface area contributed by atoms with E-state index >= 15 is 0 Å². The van der Waals surface area contributed by atoms with E-state index in [0.717, 1.165) is 11.3 Å². The first kappa shape index (κ1) is 14.0. The van der Waals surface area contributed by atoms with E-state index in [2.05, 4.69) is 10.5 Å². The first-order valence-corrected chi connectivity index (χ1v) is 7.22. The number of hydrogen-bond acceptors (Lipinski definition) is 4. The van der Waals surface area contributed by atoms with Crippen LogP contribution in [-0.4, -0.2) is 16.8 Å². The van der Waals surface area contributed by atoms with Crippen molar-refractivity contribution in [3.8, 4) is 0 Å². The molecule has 1 aromatic carbocycles. The van der Waals surface area contributed by atoms with Crippen molar-refractivity contribution in [2.24, 2.45) is 0 Å². The maximum absolute atomic E-state index is 11.6. The minimum atomic E-state index is -0.0905. The van der Waals surface area contributed by atoms with Crippen molar-refractivity contribution in [1.29, 1.82) is 0 Å². The van der Waals surface area contributed by atoms with E-state index in [1.165, 1.54) is 11.8 Å². The van der Waals surface area contributed by atoms with E-state index in [1.54, 1.807) is 13.0 Å². The third-order valence-corrected chi connectivity index (χ3v) is 3.57. The fourth-order valence-electron chi connectivity index (χ4n) is 1.45. The molecule has 19 heavy (non-hydrogen) atoms. The minimum absolute atomic E-state index is 0.0905. The number of benzene rings is 1. The number of nitrogens with one attached hydrogen (secondary N) is 1. The van der Waals surface area contributed by atoms with Crippen molar-refractivity contribution in [2.45, 2.75) is 12.7 Å². The summed E-state index contributed by atoms with van der Waals surface area (Å²) in [7, 11) is 0. The third kappa shape index (κ3) is 4.61. The first-order valence-electron chi connectivity index (χ1n) is 5.69. The molecule has 1 amide bonds. The van der Waals surface area contributed by atoms with Gasteiger partial charge in [0.1, 0.15) is 5.76 Å². The van der Waals surface area contributed by atoms with Gasteiger partial charge < -0.3 is 9.84 Å². The smallest absolute Gasteiger partial charge is 0.235 e. The first-order chi connectivity index (χ1) is 9.13. The average Bonchev–Trinajstić information content (AvgIpc) is 2.77. The Labute approximate surface area is 120 Å². The molecule has 0 atom stereocenters. The van der Waals surface area contributed by atoms with Crippen LogP contribution in [0.2, 0.25) is 5.02 Å². The van der Waals surface area contributed by atoms with Gasteiger partial charge in [0, 0.05) is 16.8 Å². The number of carbonyl (C=O) groups excluding carboxylic acids is 1. The maximum atomic E-state index is 11.6. The highest BCUT2D eigenvalue weighted by atomic mass is 35.5. The van der Waals surface area contributed by atoms with E-state index in [4.69, 9.17) is 16.1 Å². The lowest BCUT2D eigenvalue weighted by atomic mass is 10.2. The summed E-state index contributed by atoms with van der Waals surface area (Å²) in [6.07, 6.45) is 0. The SMILES string of the molecule is Cc1cc(NC(=O)CSCc2ccc(Cl)cc2)no1. The highest BCUT2D eigenvalue weighted by Gasteiger charge is 2.06. The number of halogens is 1. The van der Waals surface area contributed by atoms with Crippen molar-refractivity contribution < 1.29 is 9.32 Å². The van der Waals surface area contributed by atoms with Gasteiger partial charge in [0.15, 0.2) is 5.82 Å². The summed E-state index contributed by atoms with van der Waals surface area (Å²) in [5.74, 6) is 2.17. The number of thioether (sulfide) groups is 1. The second kappa shape index (κ2) is 6.63. The molecule has 0 fully saturated rings. The second-order valence-corrected chi connectivity index (χ2v) is 5.41. The fourth-order valence-corrected chi connectivity index (χ4v) is 2.36. The Bertz CT molecular complexity index is 554. The van der Waals surface area contributed by atoms with Gasteiger partial charge in [-0.3, -0.25) is 4.79 Å². The van der Waals surface area contributed by atoms with Crippen molar-refractivity contribution in [3.63, 3.8) is 0 Å². The van der Waals surface area contributed by atoms with Gasteiger partial charge in [0.25, 0.3) is 0 Å². The lowest BCUT2D eigenvalue weighted by Crippen LogP contribution is -2.14. The van der Waals surface area contributed by atoms with Gasteiger partial charge in [0.05, 0.1) is 5.75 Å². The Hall–Kier alpha value is -1.46. The monoisotopic (exact) mass is 296 g/mol. The summed E-state index contributed by atoms with van der Waals surface area (Å²) >= 11 is 7.33. The van der Waals surface area contributed by atoms with Gasteiger partial charge in [-0.2, -0.15) is 0 Å². The lowest BCUT2D eigenvalue weighted by molar-refractivity contribution is -0.113. The molecule has 0 unspecified atom stereocenters. The molecule has 1 aromatic heterocycles.